The fraction of sp³-hybridized carbons (Fsp3) is 0.562. The third kappa shape index (κ3) is 3.51. The van der Waals surface area contributed by atoms with Crippen molar-refractivity contribution >= 4 is 5.97 Å². The first-order valence-electron chi connectivity index (χ1n) is 7.08. The predicted molar refractivity (Wildman–Crippen MR) is 77.7 cm³/mol. The molecule has 110 valence electrons. The smallest absolute Gasteiger partial charge is 0.311 e. The number of ether oxygens (including phenoxy) is 1. The highest BCUT2D eigenvalue weighted by atomic mass is 16.5. The van der Waals surface area contributed by atoms with Gasteiger partial charge in [0.1, 0.15) is 11.9 Å². The number of aromatic hydroxyl groups is 1. The van der Waals surface area contributed by atoms with Gasteiger partial charge >= 0.3 is 5.97 Å². The number of esters is 1. The standard InChI is InChI=1S/C16H23NO3/c1-16(2,3)15(19)20-14-10-17-9-8-13(14)11-4-6-12(18)7-5-11/h4-7,13-14,17-18H,8-10H2,1-3H3/t13-,14+/m1/s1. The Morgan fingerprint density at radius 3 is 2.55 bits per heavy atom. The van der Waals surface area contributed by atoms with Crippen LogP contribution >= 0.6 is 0 Å². The zero-order chi connectivity index (χ0) is 14.8. The first-order chi connectivity index (χ1) is 9.38. The van der Waals surface area contributed by atoms with Gasteiger partial charge in [0, 0.05) is 12.5 Å². The Labute approximate surface area is 120 Å². The van der Waals surface area contributed by atoms with Crippen LogP contribution < -0.4 is 5.32 Å². The Morgan fingerprint density at radius 1 is 1.30 bits per heavy atom. The number of hydrogen-bond donors (Lipinski definition) is 2. The maximum Gasteiger partial charge on any atom is 0.311 e. The highest BCUT2D eigenvalue weighted by Gasteiger charge is 2.33. The second kappa shape index (κ2) is 5.83. The molecule has 4 nitrogen and oxygen atoms in total. The summed E-state index contributed by atoms with van der Waals surface area (Å²) in [5.74, 6) is 0.268. The van der Waals surface area contributed by atoms with Gasteiger partial charge in [0.05, 0.1) is 5.41 Å². The molecule has 0 amide bonds. The monoisotopic (exact) mass is 277 g/mol. The van der Waals surface area contributed by atoms with Crippen molar-refractivity contribution in [3.8, 4) is 5.75 Å². The second-order valence-electron chi connectivity index (χ2n) is 6.38. The molecular weight excluding hydrogens is 254 g/mol. The van der Waals surface area contributed by atoms with E-state index in [0.29, 0.717) is 6.54 Å². The largest absolute Gasteiger partial charge is 0.508 e. The maximum atomic E-state index is 12.1. The normalized spacial score (nSPS) is 23.4. The van der Waals surface area contributed by atoms with Crippen molar-refractivity contribution in [2.24, 2.45) is 5.41 Å². The van der Waals surface area contributed by atoms with E-state index in [1.54, 1.807) is 12.1 Å². The summed E-state index contributed by atoms with van der Waals surface area (Å²) in [6.45, 7) is 7.17. The van der Waals surface area contributed by atoms with Crippen molar-refractivity contribution in [3.63, 3.8) is 0 Å². The summed E-state index contributed by atoms with van der Waals surface area (Å²) in [7, 11) is 0. The first kappa shape index (κ1) is 14.9. The van der Waals surface area contributed by atoms with E-state index in [0.717, 1.165) is 18.5 Å². The molecule has 1 saturated heterocycles. The lowest BCUT2D eigenvalue weighted by molar-refractivity contribution is -0.160. The van der Waals surface area contributed by atoms with E-state index >= 15 is 0 Å². The van der Waals surface area contributed by atoms with Gasteiger partial charge in [0.2, 0.25) is 0 Å². The average molecular weight is 277 g/mol. The lowest BCUT2D eigenvalue weighted by atomic mass is 9.87. The van der Waals surface area contributed by atoms with Crippen LogP contribution in [0.15, 0.2) is 24.3 Å². The molecule has 0 spiro atoms. The minimum Gasteiger partial charge on any atom is -0.508 e. The van der Waals surface area contributed by atoms with Gasteiger partial charge in [-0.15, -0.1) is 0 Å². The topological polar surface area (TPSA) is 58.6 Å². The SMILES string of the molecule is CC(C)(C)C(=O)O[C@H]1CNCC[C@@H]1c1ccc(O)cc1. The molecule has 0 aliphatic carbocycles. The number of nitrogens with one attached hydrogen (secondary N) is 1. The molecule has 1 aliphatic heterocycles. The summed E-state index contributed by atoms with van der Waals surface area (Å²) >= 11 is 0. The van der Waals surface area contributed by atoms with Crippen molar-refractivity contribution in [1.82, 2.24) is 5.32 Å². The zero-order valence-electron chi connectivity index (χ0n) is 12.3. The summed E-state index contributed by atoms with van der Waals surface area (Å²) in [5, 5.41) is 12.7. The third-order valence-corrected chi connectivity index (χ3v) is 3.62. The van der Waals surface area contributed by atoms with Crippen LogP contribution in [0.1, 0.15) is 38.7 Å². The fourth-order valence-corrected chi connectivity index (χ4v) is 2.37. The van der Waals surface area contributed by atoms with E-state index in [-0.39, 0.29) is 23.7 Å². The van der Waals surface area contributed by atoms with Gasteiger partial charge in [0.15, 0.2) is 0 Å². The van der Waals surface area contributed by atoms with Crippen molar-refractivity contribution in [1.29, 1.82) is 0 Å². The van der Waals surface area contributed by atoms with Gasteiger partial charge in [-0.1, -0.05) is 12.1 Å². The fourth-order valence-electron chi connectivity index (χ4n) is 2.37. The minimum atomic E-state index is -0.489. The molecule has 20 heavy (non-hydrogen) atoms. The van der Waals surface area contributed by atoms with Crippen LogP contribution in [0.2, 0.25) is 0 Å². The number of phenols is 1. The Hall–Kier alpha value is -1.55. The minimum absolute atomic E-state index is 0.153. The first-order valence-corrected chi connectivity index (χ1v) is 7.08. The van der Waals surface area contributed by atoms with Gasteiger partial charge in [-0.25, -0.2) is 0 Å². The Morgan fingerprint density at radius 2 is 1.95 bits per heavy atom. The van der Waals surface area contributed by atoms with Crippen LogP contribution in [0.5, 0.6) is 5.75 Å². The van der Waals surface area contributed by atoms with Crippen LogP contribution in [0.4, 0.5) is 0 Å². The Balaban J connectivity index is 2.13. The highest BCUT2D eigenvalue weighted by molar-refractivity contribution is 5.75. The quantitative estimate of drug-likeness (QED) is 0.815. The number of phenolic OH excluding ortho intramolecular Hbond substituents is 1. The lowest BCUT2D eigenvalue weighted by Crippen LogP contribution is -2.43. The molecule has 1 fully saturated rings. The predicted octanol–water partition coefficient (Wildman–Crippen LogP) is 2.43. The van der Waals surface area contributed by atoms with Gasteiger partial charge in [-0.05, 0) is 51.4 Å². The molecule has 1 aromatic carbocycles. The zero-order valence-corrected chi connectivity index (χ0v) is 12.3. The van der Waals surface area contributed by atoms with Crippen LogP contribution in [0, 0.1) is 5.41 Å². The van der Waals surface area contributed by atoms with Crippen molar-refractivity contribution in [3.05, 3.63) is 29.8 Å². The van der Waals surface area contributed by atoms with Crippen molar-refractivity contribution in [2.45, 2.75) is 39.2 Å². The maximum absolute atomic E-state index is 12.1. The van der Waals surface area contributed by atoms with Crippen LogP contribution in [-0.2, 0) is 9.53 Å². The summed E-state index contributed by atoms with van der Waals surface area (Å²) in [6.07, 6.45) is 0.771. The van der Waals surface area contributed by atoms with E-state index in [4.69, 9.17) is 4.74 Å². The molecule has 2 atom stereocenters. The summed E-state index contributed by atoms with van der Waals surface area (Å²) in [4.78, 5) is 12.1. The molecule has 1 heterocycles. The van der Waals surface area contributed by atoms with Crippen LogP contribution in [0.3, 0.4) is 0 Å². The molecule has 1 aliphatic rings. The number of rotatable bonds is 2. The van der Waals surface area contributed by atoms with Crippen LogP contribution in [-0.4, -0.2) is 30.3 Å². The number of benzene rings is 1. The molecule has 0 unspecified atom stereocenters. The molecule has 2 N–H and O–H groups in total. The average Bonchev–Trinajstić information content (AvgIpc) is 2.39. The molecule has 0 bridgehead atoms. The van der Waals surface area contributed by atoms with Gasteiger partial charge in [0.25, 0.3) is 0 Å². The Kier molecular flexibility index (Phi) is 4.33. The summed E-state index contributed by atoms with van der Waals surface area (Å²) in [5.41, 5.74) is 0.618. The second-order valence-corrected chi connectivity index (χ2v) is 6.38. The number of hydrogen-bond acceptors (Lipinski definition) is 4. The summed E-state index contributed by atoms with van der Waals surface area (Å²) < 4.78 is 5.69. The van der Waals surface area contributed by atoms with Gasteiger partial charge < -0.3 is 15.2 Å². The molecular formula is C16H23NO3. The van der Waals surface area contributed by atoms with E-state index in [1.807, 2.05) is 32.9 Å². The molecule has 4 heteroatoms. The van der Waals surface area contributed by atoms with Crippen molar-refractivity contribution < 1.29 is 14.6 Å². The van der Waals surface area contributed by atoms with E-state index in [1.165, 1.54) is 0 Å². The molecule has 0 saturated carbocycles. The van der Waals surface area contributed by atoms with E-state index in [2.05, 4.69) is 5.32 Å². The van der Waals surface area contributed by atoms with E-state index in [9.17, 15) is 9.90 Å². The third-order valence-electron chi connectivity index (χ3n) is 3.62. The molecule has 1 aromatic rings. The highest BCUT2D eigenvalue weighted by Crippen LogP contribution is 2.30. The molecule has 0 aromatic heterocycles. The van der Waals surface area contributed by atoms with Crippen LogP contribution in [0.25, 0.3) is 0 Å². The van der Waals surface area contributed by atoms with Gasteiger partial charge in [-0.2, -0.15) is 0 Å². The van der Waals surface area contributed by atoms with Crippen molar-refractivity contribution in [2.75, 3.05) is 13.1 Å². The van der Waals surface area contributed by atoms with E-state index < -0.39 is 5.41 Å². The number of piperidine rings is 1. The molecule has 0 radical (unpaired) electrons. The number of carbonyl (C=O) groups excluding carboxylic acids is 1. The molecule has 2 rings (SSSR count). The lowest BCUT2D eigenvalue weighted by Gasteiger charge is -2.33. The Bertz CT molecular complexity index is 462. The van der Waals surface area contributed by atoms with Gasteiger partial charge in [-0.3, -0.25) is 4.79 Å². The summed E-state index contributed by atoms with van der Waals surface area (Å²) in [6, 6.07) is 7.17. The number of carbonyl (C=O) groups is 1.